The number of anilines is 3. The zero-order valence-electron chi connectivity index (χ0n) is 30.3. The van der Waals surface area contributed by atoms with Crippen molar-refractivity contribution < 1.29 is 32.6 Å². The molecule has 1 spiro atoms. The first-order valence-corrected chi connectivity index (χ1v) is 19.4. The van der Waals surface area contributed by atoms with Crippen molar-refractivity contribution >= 4 is 29.5 Å². The van der Waals surface area contributed by atoms with E-state index in [9.17, 15) is 19.1 Å². The molecule has 4 bridgehead atoms. The van der Waals surface area contributed by atoms with Crippen molar-refractivity contribution in [3.8, 4) is 5.88 Å². The highest BCUT2D eigenvalue weighted by Gasteiger charge is 2.62. The minimum absolute atomic E-state index is 0.0418. The van der Waals surface area contributed by atoms with Gasteiger partial charge in [-0.25, -0.2) is 34.1 Å². The number of fused-ring (bicyclic) bond motifs is 2. The normalized spacial score (nSPS) is 28.7. The van der Waals surface area contributed by atoms with Crippen molar-refractivity contribution in [2.24, 2.45) is 23.7 Å². The molecular weight excluding hydrogens is 701 g/mol. The zero-order valence-corrected chi connectivity index (χ0v) is 30.3. The third-order valence-electron chi connectivity index (χ3n) is 13.4. The monoisotopic (exact) mass is 746 g/mol. The summed E-state index contributed by atoms with van der Waals surface area (Å²) in [4.78, 5) is 52.5. The Hall–Kier alpha value is -4.56. The Morgan fingerprint density at radius 1 is 0.907 bits per heavy atom. The maximum atomic E-state index is 15.5. The highest BCUT2D eigenvalue weighted by molar-refractivity contribution is 5.99. The molecule has 54 heavy (non-hydrogen) atoms. The molecule has 15 heteroatoms. The second kappa shape index (κ2) is 13.0. The molecule has 5 heterocycles. The first-order valence-electron chi connectivity index (χ1n) is 19.4. The van der Waals surface area contributed by atoms with Crippen molar-refractivity contribution in [3.05, 3.63) is 53.5 Å². The fourth-order valence-corrected chi connectivity index (χ4v) is 11.0. The second-order valence-electron chi connectivity index (χ2n) is 16.7. The summed E-state index contributed by atoms with van der Waals surface area (Å²) in [6.45, 7) is 2.47. The topological polar surface area (TPSA) is 147 Å². The Kier molecular flexibility index (Phi) is 8.49. The number of carboxylic acids is 1. The number of pyridine rings is 1. The summed E-state index contributed by atoms with van der Waals surface area (Å²) in [5.41, 5.74) is -1.18. The van der Waals surface area contributed by atoms with Crippen LogP contribution in [0.1, 0.15) is 106 Å². The Bertz CT molecular complexity index is 1920. The fraction of sp³-hybridized carbons (Fsp3) is 0.615. The molecule has 5 saturated carbocycles. The van der Waals surface area contributed by atoms with Crippen molar-refractivity contribution in [1.29, 1.82) is 0 Å². The van der Waals surface area contributed by atoms with Crippen LogP contribution in [-0.2, 0) is 16.1 Å². The van der Waals surface area contributed by atoms with Crippen LogP contribution in [0.15, 0.2) is 30.9 Å². The number of aliphatic carboxylic acids is 1. The van der Waals surface area contributed by atoms with Gasteiger partial charge in [0.05, 0.1) is 29.8 Å². The van der Waals surface area contributed by atoms with Crippen LogP contribution in [0.2, 0.25) is 0 Å². The molecule has 5 aliphatic carbocycles. The number of carboxylic acid groups (broad SMARTS) is 1. The molecule has 3 aromatic rings. The van der Waals surface area contributed by atoms with Crippen LogP contribution in [0.3, 0.4) is 0 Å². The number of ether oxygens (including phenoxy) is 1. The molecule has 2 aliphatic heterocycles. The summed E-state index contributed by atoms with van der Waals surface area (Å²) in [5, 5.41) is 13.4. The van der Waals surface area contributed by atoms with E-state index >= 15 is 8.78 Å². The number of carbonyl (C=O) groups excluding carboxylic acids is 1. The van der Waals surface area contributed by atoms with Crippen molar-refractivity contribution in [1.82, 2.24) is 30.2 Å². The summed E-state index contributed by atoms with van der Waals surface area (Å²) in [6, 6.07) is 1.98. The van der Waals surface area contributed by atoms with Gasteiger partial charge in [0.2, 0.25) is 17.8 Å². The van der Waals surface area contributed by atoms with Gasteiger partial charge in [-0.3, -0.25) is 4.79 Å². The highest BCUT2D eigenvalue weighted by atomic mass is 19.3. The van der Waals surface area contributed by atoms with Crippen LogP contribution in [-0.4, -0.2) is 73.2 Å². The van der Waals surface area contributed by atoms with Crippen LogP contribution in [0.25, 0.3) is 0 Å². The number of alkyl halides is 2. The van der Waals surface area contributed by atoms with Gasteiger partial charge in [0, 0.05) is 57.1 Å². The summed E-state index contributed by atoms with van der Waals surface area (Å²) in [6.07, 6.45) is 15.4. The number of carbonyl (C=O) groups is 2. The van der Waals surface area contributed by atoms with E-state index in [0.29, 0.717) is 68.8 Å². The summed E-state index contributed by atoms with van der Waals surface area (Å²) < 4.78 is 50.7. The van der Waals surface area contributed by atoms with Gasteiger partial charge < -0.3 is 25.0 Å². The lowest BCUT2D eigenvalue weighted by Crippen LogP contribution is -2.70. The maximum Gasteiger partial charge on any atom is 0.330 e. The molecule has 12 nitrogen and oxygen atoms in total. The molecule has 286 valence electrons. The zero-order chi connectivity index (χ0) is 37.4. The number of amides is 1. The predicted octanol–water partition coefficient (Wildman–Crippen LogP) is 6.32. The van der Waals surface area contributed by atoms with Gasteiger partial charge in [-0.15, -0.1) is 0 Å². The second-order valence-corrected chi connectivity index (χ2v) is 16.7. The smallest absolute Gasteiger partial charge is 0.330 e. The molecule has 6 fully saturated rings. The third kappa shape index (κ3) is 5.92. The van der Waals surface area contributed by atoms with E-state index in [1.165, 1.54) is 0 Å². The number of nitrogens with one attached hydrogen (secondary N) is 1. The number of halogens is 3. The average Bonchev–Trinajstić information content (AvgIpc) is 3.45. The van der Waals surface area contributed by atoms with Crippen LogP contribution in [0, 0.1) is 29.5 Å². The molecule has 1 saturated heterocycles. The molecule has 0 unspecified atom stereocenters. The number of rotatable bonds is 8. The lowest BCUT2D eigenvalue weighted by molar-refractivity contribution is -0.163. The van der Waals surface area contributed by atoms with Crippen LogP contribution in [0.4, 0.5) is 30.8 Å². The number of nitrogens with zero attached hydrogens (tertiary/aromatic N) is 7. The molecule has 7 aliphatic rings. The fourth-order valence-electron chi connectivity index (χ4n) is 11.0. The number of hydrogen-bond acceptors (Lipinski definition) is 10. The van der Waals surface area contributed by atoms with E-state index in [4.69, 9.17) is 4.74 Å². The number of piperidine rings is 1. The summed E-state index contributed by atoms with van der Waals surface area (Å²) >= 11 is 0. The summed E-state index contributed by atoms with van der Waals surface area (Å²) in [5.74, 6) is -4.53. The van der Waals surface area contributed by atoms with Gasteiger partial charge in [0.25, 0.3) is 11.8 Å². The number of hydrogen-bond donors (Lipinski definition) is 2. The van der Waals surface area contributed by atoms with Crippen molar-refractivity contribution in [2.45, 2.75) is 107 Å². The summed E-state index contributed by atoms with van der Waals surface area (Å²) in [7, 11) is 0. The largest absolute Gasteiger partial charge is 0.479 e. The van der Waals surface area contributed by atoms with E-state index in [2.05, 4.69) is 30.2 Å². The van der Waals surface area contributed by atoms with Gasteiger partial charge in [-0.2, -0.15) is 8.78 Å². The molecule has 2 N–H and O–H groups in total. The Morgan fingerprint density at radius 3 is 2.19 bits per heavy atom. The minimum atomic E-state index is -3.51. The first-order chi connectivity index (χ1) is 25.9. The Balaban J connectivity index is 0.980. The first kappa shape index (κ1) is 35.2. The highest BCUT2D eigenvalue weighted by Crippen LogP contribution is 2.58. The van der Waals surface area contributed by atoms with E-state index in [-0.39, 0.29) is 29.3 Å². The van der Waals surface area contributed by atoms with Crippen LogP contribution < -0.4 is 19.9 Å². The maximum absolute atomic E-state index is 15.5. The van der Waals surface area contributed by atoms with E-state index in [1.54, 1.807) is 6.20 Å². The molecule has 10 rings (SSSR count). The lowest BCUT2D eigenvalue weighted by Gasteiger charge is -2.59. The van der Waals surface area contributed by atoms with Gasteiger partial charge in [-0.05, 0) is 74.2 Å². The standard InChI is InChI=1S/C39H45F3N8O4/c1-37(41,42)32-28(33(51)48-39(34(52)53)24-12-22-11-23(14-24)15-25(39)13-22)19-46-36(47-32)50-21-38(7-3-2-4-8-38)29-16-31(43-20-30(29)50)54-27-5-9-49(10-6-27)35-44-17-26(40)18-45-35/h16-20,22-25,27H,2-15,21H2,1H3,(H,48,51)(H,52,53). The van der Waals surface area contributed by atoms with E-state index < -0.39 is 40.4 Å². The molecule has 0 radical (unpaired) electrons. The number of aromatic nitrogens is 5. The van der Waals surface area contributed by atoms with Gasteiger partial charge in [-0.1, -0.05) is 19.3 Å². The average molecular weight is 747 g/mol. The van der Waals surface area contributed by atoms with Crippen LogP contribution in [0.5, 0.6) is 5.88 Å². The molecule has 3 aromatic heterocycles. The van der Waals surface area contributed by atoms with E-state index in [0.717, 1.165) is 88.4 Å². The van der Waals surface area contributed by atoms with Crippen molar-refractivity contribution in [2.75, 3.05) is 29.4 Å². The van der Waals surface area contributed by atoms with Gasteiger partial charge in [0.15, 0.2) is 5.82 Å². The van der Waals surface area contributed by atoms with E-state index in [1.807, 2.05) is 15.9 Å². The molecular formula is C39H45F3N8O4. The lowest BCUT2D eigenvalue weighted by atomic mass is 9.48. The van der Waals surface area contributed by atoms with Crippen molar-refractivity contribution in [3.63, 3.8) is 0 Å². The molecule has 1 amide bonds. The molecule has 0 aromatic carbocycles. The SMILES string of the molecule is CC(F)(F)c1nc(N2CC3(CCCCC3)c3cc(OC4CCN(c5ncc(F)cn5)CC4)ncc32)ncc1C(=O)NC1(C(=O)O)C2CC3CC(C2)CC1C3. The van der Waals surface area contributed by atoms with Gasteiger partial charge >= 0.3 is 5.97 Å². The van der Waals surface area contributed by atoms with Crippen LogP contribution >= 0.6 is 0 Å². The Morgan fingerprint density at radius 2 is 1.56 bits per heavy atom. The minimum Gasteiger partial charge on any atom is -0.479 e. The quantitative estimate of drug-likeness (QED) is 0.267. The predicted molar refractivity (Wildman–Crippen MR) is 190 cm³/mol. The third-order valence-corrected chi connectivity index (χ3v) is 13.4. The molecule has 0 atom stereocenters. The van der Waals surface area contributed by atoms with Gasteiger partial charge in [0.1, 0.15) is 17.3 Å². The Labute approximate surface area is 311 Å².